The van der Waals surface area contributed by atoms with Gasteiger partial charge in [-0.05, 0) is 56.2 Å². The zero-order chi connectivity index (χ0) is 31.1. The fraction of sp³-hybridized carbons (Fsp3) is 0.515. The highest BCUT2D eigenvalue weighted by Crippen LogP contribution is 2.08. The molecule has 2 aromatic rings. The van der Waals surface area contributed by atoms with E-state index in [1.54, 1.807) is 31.2 Å². The van der Waals surface area contributed by atoms with Crippen LogP contribution in [0.3, 0.4) is 0 Å². The molecule has 230 valence electrons. The van der Waals surface area contributed by atoms with Gasteiger partial charge in [-0.25, -0.2) is 0 Å². The lowest BCUT2D eigenvalue weighted by molar-refractivity contribution is -0.870. The summed E-state index contributed by atoms with van der Waals surface area (Å²) < 4.78 is 0.913. The van der Waals surface area contributed by atoms with E-state index in [2.05, 4.69) is 42.4 Å². The number of nitrogens with one attached hydrogen (secondary N) is 4. The molecule has 42 heavy (non-hydrogen) atoms. The molecule has 0 radical (unpaired) electrons. The van der Waals surface area contributed by atoms with Gasteiger partial charge in [-0.3, -0.25) is 19.2 Å². The molecule has 0 aliphatic rings. The molecule has 0 unspecified atom stereocenters. The summed E-state index contributed by atoms with van der Waals surface area (Å²) in [7, 11) is 6.48. The smallest absolute Gasteiger partial charge is 0.251 e. The summed E-state index contributed by atoms with van der Waals surface area (Å²) in [6.45, 7) is 7.18. The molecule has 0 saturated carbocycles. The van der Waals surface area contributed by atoms with Gasteiger partial charge in [-0.2, -0.15) is 0 Å². The van der Waals surface area contributed by atoms with Gasteiger partial charge >= 0.3 is 0 Å². The first-order valence-electron chi connectivity index (χ1n) is 14.9. The van der Waals surface area contributed by atoms with Gasteiger partial charge in [0, 0.05) is 18.5 Å². The topological polar surface area (TPSA) is 116 Å². The van der Waals surface area contributed by atoms with E-state index in [0.717, 1.165) is 35.9 Å². The standard InChI is InChI=1S/C33H49N5O4/c1-24(2)22-28(32(41)34-20-14-9-15-21-38(4,5)6)36-30(39)25(3)35-33(42)29(23-26-16-10-7-11-17-26)37-31(40)27-18-12-8-13-19-27/h7-8,10-13,16-19,24-25,28-29H,9,14-15,20-23H2,1-6H3,(H3-,34,35,36,37,39,40,41,42)/p+1/t25-,28-,29-/m0/s1. The third kappa shape index (κ3) is 13.3. The number of amides is 4. The second-order valence-corrected chi connectivity index (χ2v) is 12.4. The van der Waals surface area contributed by atoms with Crippen molar-refractivity contribution in [3.05, 3.63) is 71.8 Å². The Balaban J connectivity index is 1.99. The van der Waals surface area contributed by atoms with Crippen molar-refractivity contribution in [2.24, 2.45) is 5.92 Å². The summed E-state index contributed by atoms with van der Waals surface area (Å²) in [4.78, 5) is 52.3. The summed E-state index contributed by atoms with van der Waals surface area (Å²) >= 11 is 0. The Morgan fingerprint density at radius 3 is 1.90 bits per heavy atom. The minimum absolute atomic E-state index is 0.180. The Morgan fingerprint density at radius 1 is 0.690 bits per heavy atom. The molecule has 0 aliphatic heterocycles. The summed E-state index contributed by atoms with van der Waals surface area (Å²) in [5.74, 6) is -1.36. The van der Waals surface area contributed by atoms with Crippen molar-refractivity contribution < 1.29 is 23.7 Å². The van der Waals surface area contributed by atoms with Gasteiger partial charge in [-0.15, -0.1) is 0 Å². The molecule has 2 aromatic carbocycles. The lowest BCUT2D eigenvalue weighted by Gasteiger charge is -2.25. The Morgan fingerprint density at radius 2 is 1.31 bits per heavy atom. The molecule has 0 aromatic heterocycles. The van der Waals surface area contributed by atoms with E-state index in [4.69, 9.17) is 0 Å². The predicted octanol–water partition coefficient (Wildman–Crippen LogP) is 3.06. The Kier molecular flexibility index (Phi) is 14.2. The molecule has 0 spiro atoms. The molecule has 9 heteroatoms. The van der Waals surface area contributed by atoms with Crippen molar-refractivity contribution in [2.75, 3.05) is 34.2 Å². The molecule has 0 fully saturated rings. The van der Waals surface area contributed by atoms with E-state index < -0.39 is 29.9 Å². The first-order valence-corrected chi connectivity index (χ1v) is 14.9. The summed E-state index contributed by atoms with van der Waals surface area (Å²) in [5.41, 5.74) is 1.30. The van der Waals surface area contributed by atoms with Crippen LogP contribution in [0.15, 0.2) is 60.7 Å². The van der Waals surface area contributed by atoms with E-state index in [1.165, 1.54) is 0 Å². The minimum atomic E-state index is -0.914. The molecule has 0 heterocycles. The molecule has 0 saturated heterocycles. The zero-order valence-electron chi connectivity index (χ0n) is 26.1. The first-order chi connectivity index (χ1) is 19.9. The fourth-order valence-corrected chi connectivity index (χ4v) is 4.49. The molecule has 4 N–H and O–H groups in total. The number of carbonyl (C=O) groups excluding carboxylic acids is 4. The summed E-state index contributed by atoms with van der Waals surface area (Å²) in [5, 5.41) is 11.3. The zero-order valence-corrected chi connectivity index (χ0v) is 26.1. The second kappa shape index (κ2) is 17.3. The lowest BCUT2D eigenvalue weighted by Crippen LogP contribution is -2.56. The summed E-state index contributed by atoms with van der Waals surface area (Å²) in [6, 6.07) is 15.5. The van der Waals surface area contributed by atoms with Crippen molar-refractivity contribution in [3.63, 3.8) is 0 Å². The van der Waals surface area contributed by atoms with Crippen molar-refractivity contribution >= 4 is 23.6 Å². The highest BCUT2D eigenvalue weighted by Gasteiger charge is 2.28. The van der Waals surface area contributed by atoms with E-state index in [9.17, 15) is 19.2 Å². The summed E-state index contributed by atoms with van der Waals surface area (Å²) in [6.07, 6.45) is 3.71. The average molecular weight is 581 g/mol. The lowest BCUT2D eigenvalue weighted by atomic mass is 10.0. The number of rotatable bonds is 17. The van der Waals surface area contributed by atoms with Crippen LogP contribution >= 0.6 is 0 Å². The van der Waals surface area contributed by atoms with Crippen molar-refractivity contribution in [2.45, 2.75) is 71.0 Å². The third-order valence-corrected chi connectivity index (χ3v) is 6.84. The third-order valence-electron chi connectivity index (χ3n) is 6.84. The van der Waals surface area contributed by atoms with Crippen LogP contribution in [-0.2, 0) is 20.8 Å². The van der Waals surface area contributed by atoms with Crippen LogP contribution in [0.2, 0.25) is 0 Å². The molecular weight excluding hydrogens is 530 g/mol. The molecule has 2 rings (SSSR count). The number of carbonyl (C=O) groups is 4. The van der Waals surface area contributed by atoms with Crippen LogP contribution in [0.4, 0.5) is 0 Å². The Bertz CT molecular complexity index is 1130. The first kappa shape index (κ1) is 34.5. The maximum absolute atomic E-state index is 13.3. The van der Waals surface area contributed by atoms with Crippen LogP contribution in [0.5, 0.6) is 0 Å². The van der Waals surface area contributed by atoms with Gasteiger partial charge in [0.05, 0.1) is 27.7 Å². The molecule has 0 aliphatic carbocycles. The molecular formula is C33H50N5O4+. The highest BCUT2D eigenvalue weighted by atomic mass is 16.2. The number of nitrogens with zero attached hydrogens (tertiary/aromatic N) is 1. The van der Waals surface area contributed by atoms with Gasteiger partial charge < -0.3 is 25.8 Å². The normalized spacial score (nSPS) is 13.5. The molecule has 4 amide bonds. The second-order valence-electron chi connectivity index (χ2n) is 12.4. The minimum Gasteiger partial charge on any atom is -0.354 e. The van der Waals surface area contributed by atoms with Crippen LogP contribution < -0.4 is 21.3 Å². The maximum Gasteiger partial charge on any atom is 0.251 e. The number of hydrogen-bond acceptors (Lipinski definition) is 4. The number of benzene rings is 2. The fourth-order valence-electron chi connectivity index (χ4n) is 4.49. The van der Waals surface area contributed by atoms with Crippen LogP contribution in [0, 0.1) is 5.92 Å². The molecule has 3 atom stereocenters. The van der Waals surface area contributed by atoms with E-state index >= 15 is 0 Å². The number of hydrogen-bond donors (Lipinski definition) is 4. The van der Waals surface area contributed by atoms with Gasteiger partial charge in [0.25, 0.3) is 5.91 Å². The van der Waals surface area contributed by atoms with Crippen LogP contribution in [0.25, 0.3) is 0 Å². The quantitative estimate of drug-likeness (QED) is 0.170. The predicted molar refractivity (Wildman–Crippen MR) is 167 cm³/mol. The number of quaternary nitrogens is 1. The van der Waals surface area contributed by atoms with Crippen molar-refractivity contribution in [3.8, 4) is 0 Å². The van der Waals surface area contributed by atoms with Crippen LogP contribution in [-0.4, -0.2) is 80.5 Å². The van der Waals surface area contributed by atoms with Crippen molar-refractivity contribution in [1.82, 2.24) is 21.3 Å². The number of unbranched alkanes of at least 4 members (excludes halogenated alkanes) is 2. The Labute approximate surface area is 251 Å². The largest absolute Gasteiger partial charge is 0.354 e. The SMILES string of the molecule is CC(C)C[C@H](NC(=O)[C@H](C)NC(=O)[C@H](Cc1ccccc1)NC(=O)c1ccccc1)C(=O)NCCCCC[N+](C)(C)C. The average Bonchev–Trinajstić information content (AvgIpc) is 2.94. The van der Waals surface area contributed by atoms with Crippen molar-refractivity contribution in [1.29, 1.82) is 0 Å². The monoisotopic (exact) mass is 580 g/mol. The maximum atomic E-state index is 13.3. The van der Waals surface area contributed by atoms with E-state index in [1.807, 2.05) is 50.2 Å². The van der Waals surface area contributed by atoms with Crippen LogP contribution in [0.1, 0.15) is 62.4 Å². The van der Waals surface area contributed by atoms with Gasteiger partial charge in [0.15, 0.2) is 0 Å². The Hall–Kier alpha value is -3.72. The molecule has 9 nitrogen and oxygen atoms in total. The highest BCUT2D eigenvalue weighted by molar-refractivity contribution is 5.98. The van der Waals surface area contributed by atoms with Gasteiger partial charge in [0.2, 0.25) is 17.7 Å². The molecule has 0 bridgehead atoms. The van der Waals surface area contributed by atoms with Gasteiger partial charge in [-0.1, -0.05) is 62.4 Å². The van der Waals surface area contributed by atoms with Gasteiger partial charge in [0.1, 0.15) is 18.1 Å². The van der Waals surface area contributed by atoms with E-state index in [-0.39, 0.29) is 24.2 Å². The van der Waals surface area contributed by atoms with E-state index in [0.29, 0.717) is 18.5 Å².